The highest BCUT2D eigenvalue weighted by molar-refractivity contribution is 7.13. The first-order valence-corrected chi connectivity index (χ1v) is 12.2. The average molecular weight is 447 g/mol. The fourth-order valence-electron chi connectivity index (χ4n) is 4.61. The lowest BCUT2D eigenvalue weighted by atomic mass is 9.72. The van der Waals surface area contributed by atoms with Gasteiger partial charge in [0.15, 0.2) is 0 Å². The maximum absolute atomic E-state index is 13.3. The minimum Gasteiger partial charge on any atom is -0.356 e. The largest absolute Gasteiger partial charge is 0.356 e. The third-order valence-corrected chi connectivity index (χ3v) is 7.33. The third kappa shape index (κ3) is 4.94. The number of rotatable bonds is 7. The lowest BCUT2D eigenvalue weighted by Gasteiger charge is -2.41. The van der Waals surface area contributed by atoms with Gasteiger partial charge in [-0.1, -0.05) is 60.7 Å². The van der Waals surface area contributed by atoms with E-state index in [1.807, 2.05) is 42.2 Å². The molecule has 32 heavy (non-hydrogen) atoms. The van der Waals surface area contributed by atoms with Gasteiger partial charge in [0.05, 0.1) is 11.8 Å². The van der Waals surface area contributed by atoms with E-state index in [2.05, 4.69) is 47.1 Å². The molecule has 0 saturated carbocycles. The summed E-state index contributed by atoms with van der Waals surface area (Å²) in [4.78, 5) is 29.3. The molecule has 0 atom stereocenters. The Hall–Kier alpha value is -2.92. The molecule has 1 saturated heterocycles. The smallest absolute Gasteiger partial charge is 0.226 e. The lowest BCUT2D eigenvalue weighted by molar-refractivity contribution is -0.140. The van der Waals surface area contributed by atoms with Gasteiger partial charge in [0, 0.05) is 24.5 Å². The van der Waals surface area contributed by atoms with E-state index < -0.39 is 5.41 Å². The van der Waals surface area contributed by atoms with Crippen molar-refractivity contribution in [3.05, 3.63) is 83.2 Å². The molecule has 2 heterocycles. The Labute approximate surface area is 194 Å². The molecular formula is C27H30N2O2S. The molecule has 4 rings (SSSR count). The van der Waals surface area contributed by atoms with Crippen LogP contribution in [0.2, 0.25) is 0 Å². The zero-order chi connectivity index (χ0) is 22.4. The number of hydrogen-bond donors (Lipinski definition) is 1. The van der Waals surface area contributed by atoms with E-state index >= 15 is 0 Å². The Bertz CT molecular complexity index is 1040. The number of thiophene rings is 1. The Morgan fingerprint density at radius 1 is 0.969 bits per heavy atom. The second-order valence-electron chi connectivity index (χ2n) is 8.49. The van der Waals surface area contributed by atoms with Gasteiger partial charge < -0.3 is 10.2 Å². The number of hydrogen-bond acceptors (Lipinski definition) is 3. The van der Waals surface area contributed by atoms with Crippen LogP contribution in [0.4, 0.5) is 0 Å². The lowest BCUT2D eigenvalue weighted by Crippen LogP contribution is -2.51. The summed E-state index contributed by atoms with van der Waals surface area (Å²) in [5.41, 5.74) is 2.94. The molecule has 2 amide bonds. The van der Waals surface area contributed by atoms with Crippen molar-refractivity contribution in [3.8, 4) is 10.4 Å². The monoisotopic (exact) mass is 446 g/mol. The zero-order valence-corrected chi connectivity index (χ0v) is 19.4. The number of carbonyl (C=O) groups is 2. The molecule has 0 unspecified atom stereocenters. The van der Waals surface area contributed by atoms with E-state index in [1.165, 1.54) is 16.0 Å². The number of piperidine rings is 1. The molecule has 1 aliphatic rings. The number of benzene rings is 2. The van der Waals surface area contributed by atoms with Gasteiger partial charge in [-0.2, -0.15) is 0 Å². The van der Waals surface area contributed by atoms with Crippen molar-refractivity contribution in [1.82, 2.24) is 10.2 Å². The van der Waals surface area contributed by atoms with Crippen molar-refractivity contribution in [2.45, 2.75) is 32.6 Å². The fraction of sp³-hybridized carbons (Fsp3) is 0.333. The highest BCUT2D eigenvalue weighted by Crippen LogP contribution is 2.39. The predicted octanol–water partition coefficient (Wildman–Crippen LogP) is 4.95. The molecule has 0 bridgehead atoms. The van der Waals surface area contributed by atoms with Crippen LogP contribution >= 0.6 is 11.3 Å². The fourth-order valence-corrected chi connectivity index (χ4v) is 5.40. The van der Waals surface area contributed by atoms with E-state index in [9.17, 15) is 9.59 Å². The molecule has 1 aliphatic heterocycles. The average Bonchev–Trinajstić information content (AvgIpc) is 3.35. The molecule has 0 spiro atoms. The second kappa shape index (κ2) is 10.1. The van der Waals surface area contributed by atoms with Crippen molar-refractivity contribution in [2.24, 2.45) is 5.41 Å². The molecule has 2 aromatic carbocycles. The number of nitrogens with one attached hydrogen (secondary N) is 1. The van der Waals surface area contributed by atoms with Gasteiger partial charge in [0.1, 0.15) is 0 Å². The molecule has 1 N–H and O–H groups in total. The van der Waals surface area contributed by atoms with Crippen LogP contribution in [0, 0.1) is 5.41 Å². The zero-order valence-electron chi connectivity index (χ0n) is 18.5. The van der Waals surface area contributed by atoms with E-state index in [4.69, 9.17) is 0 Å². The first-order chi connectivity index (χ1) is 15.6. The number of nitrogens with zero attached hydrogens (tertiary/aromatic N) is 1. The van der Waals surface area contributed by atoms with Gasteiger partial charge in [0.25, 0.3) is 0 Å². The normalized spacial score (nSPS) is 15.3. The summed E-state index contributed by atoms with van der Waals surface area (Å²) in [6, 6.07) is 22.5. The topological polar surface area (TPSA) is 49.4 Å². The predicted molar refractivity (Wildman–Crippen MR) is 131 cm³/mol. The Morgan fingerprint density at radius 2 is 1.69 bits per heavy atom. The van der Waals surface area contributed by atoms with Crippen molar-refractivity contribution < 1.29 is 9.59 Å². The van der Waals surface area contributed by atoms with Crippen LogP contribution < -0.4 is 5.32 Å². The Kier molecular flexibility index (Phi) is 7.05. The van der Waals surface area contributed by atoms with Gasteiger partial charge >= 0.3 is 0 Å². The first kappa shape index (κ1) is 22.3. The van der Waals surface area contributed by atoms with Gasteiger partial charge in [0.2, 0.25) is 11.8 Å². The molecule has 166 valence electrons. The molecule has 5 heteroatoms. The number of likely N-dealkylation sites (tertiary alicyclic amines) is 1. The van der Waals surface area contributed by atoms with E-state index in [0.29, 0.717) is 45.3 Å². The maximum atomic E-state index is 13.3. The molecular weight excluding hydrogens is 416 g/mol. The van der Waals surface area contributed by atoms with Gasteiger partial charge in [-0.05, 0) is 54.3 Å². The molecule has 4 nitrogen and oxygen atoms in total. The minimum absolute atomic E-state index is 0.108. The molecule has 0 aliphatic carbocycles. The summed E-state index contributed by atoms with van der Waals surface area (Å²) in [5, 5.41) is 5.16. The Balaban J connectivity index is 1.52. The highest BCUT2D eigenvalue weighted by Gasteiger charge is 2.42. The van der Waals surface area contributed by atoms with Crippen molar-refractivity contribution in [2.75, 3.05) is 19.6 Å². The van der Waals surface area contributed by atoms with Crippen LogP contribution in [0.1, 0.15) is 30.9 Å². The van der Waals surface area contributed by atoms with Crippen LogP contribution in [-0.2, 0) is 22.4 Å². The minimum atomic E-state index is -0.493. The van der Waals surface area contributed by atoms with Crippen molar-refractivity contribution >= 4 is 23.2 Å². The van der Waals surface area contributed by atoms with E-state index in [-0.39, 0.29) is 11.8 Å². The standard InChI is InChI=1S/C27H30N2O2S/c1-2-28-26(31)27(20-22-11-6-7-12-23(22)24-13-8-18-32-24)14-16-29(17-15-27)25(30)19-21-9-4-3-5-10-21/h3-13,18H,2,14-17,19-20H2,1H3,(H,28,31). The van der Waals surface area contributed by atoms with Gasteiger partial charge in [-0.3, -0.25) is 9.59 Å². The maximum Gasteiger partial charge on any atom is 0.226 e. The first-order valence-electron chi connectivity index (χ1n) is 11.3. The SMILES string of the molecule is CCNC(=O)C1(Cc2ccccc2-c2cccs2)CCN(C(=O)Cc2ccccc2)CC1. The number of carbonyl (C=O) groups excluding carboxylic acids is 2. The highest BCUT2D eigenvalue weighted by atomic mass is 32.1. The summed E-state index contributed by atoms with van der Waals surface area (Å²) < 4.78 is 0. The molecule has 1 aromatic heterocycles. The summed E-state index contributed by atoms with van der Waals surface area (Å²) in [7, 11) is 0. The van der Waals surface area contributed by atoms with Gasteiger partial charge in [-0.25, -0.2) is 0 Å². The molecule has 1 fully saturated rings. The van der Waals surface area contributed by atoms with E-state index in [0.717, 1.165) is 5.56 Å². The van der Waals surface area contributed by atoms with Gasteiger partial charge in [-0.15, -0.1) is 11.3 Å². The number of amides is 2. The summed E-state index contributed by atoms with van der Waals surface area (Å²) in [6.07, 6.45) is 2.46. The summed E-state index contributed by atoms with van der Waals surface area (Å²) in [5.74, 6) is 0.246. The van der Waals surface area contributed by atoms with Crippen molar-refractivity contribution in [1.29, 1.82) is 0 Å². The summed E-state index contributed by atoms with van der Waals surface area (Å²) >= 11 is 1.72. The molecule has 0 radical (unpaired) electrons. The third-order valence-electron chi connectivity index (χ3n) is 6.42. The quantitative estimate of drug-likeness (QED) is 0.559. The van der Waals surface area contributed by atoms with Crippen molar-refractivity contribution in [3.63, 3.8) is 0 Å². The Morgan fingerprint density at radius 3 is 2.38 bits per heavy atom. The van der Waals surface area contributed by atoms with Crippen LogP contribution in [0.3, 0.4) is 0 Å². The molecule has 3 aromatic rings. The van der Waals surface area contributed by atoms with Crippen LogP contribution in [0.25, 0.3) is 10.4 Å². The van der Waals surface area contributed by atoms with Crippen LogP contribution in [0.5, 0.6) is 0 Å². The van der Waals surface area contributed by atoms with Crippen LogP contribution in [0.15, 0.2) is 72.1 Å². The summed E-state index contributed by atoms with van der Waals surface area (Å²) in [6.45, 7) is 3.81. The van der Waals surface area contributed by atoms with Crippen LogP contribution in [-0.4, -0.2) is 36.3 Å². The second-order valence-corrected chi connectivity index (χ2v) is 9.44. The van der Waals surface area contributed by atoms with E-state index in [1.54, 1.807) is 11.3 Å².